The van der Waals surface area contributed by atoms with Crippen LogP contribution in [0, 0.1) is 6.92 Å². The molecule has 1 unspecified atom stereocenters. The molecule has 0 aliphatic carbocycles. The Morgan fingerprint density at radius 2 is 2.22 bits per heavy atom. The Kier molecular flexibility index (Phi) is 4.95. The van der Waals surface area contributed by atoms with E-state index in [1.165, 1.54) is 16.0 Å². The van der Waals surface area contributed by atoms with Gasteiger partial charge in [0.25, 0.3) is 0 Å². The molecule has 4 heteroatoms. The molecule has 1 atom stereocenters. The quantitative estimate of drug-likeness (QED) is 0.645. The van der Waals surface area contributed by atoms with E-state index in [0.717, 1.165) is 17.3 Å². The minimum Gasteiger partial charge on any atom is -0.271 e. The number of hydrogen-bond donors (Lipinski definition) is 2. The number of halogens is 1. The summed E-state index contributed by atoms with van der Waals surface area (Å²) in [5, 5.41) is 2.12. The van der Waals surface area contributed by atoms with Gasteiger partial charge in [-0.2, -0.15) is 0 Å². The Balaban J connectivity index is 2.08. The zero-order chi connectivity index (χ0) is 13.0. The molecule has 2 rings (SSSR count). The zero-order valence-electron chi connectivity index (χ0n) is 10.3. The summed E-state index contributed by atoms with van der Waals surface area (Å²) in [5.41, 5.74) is 5.47. The van der Waals surface area contributed by atoms with E-state index in [9.17, 15) is 0 Å². The topological polar surface area (TPSA) is 38.0 Å². The first-order valence-electron chi connectivity index (χ1n) is 5.95. The summed E-state index contributed by atoms with van der Waals surface area (Å²) in [5.74, 6) is 5.69. The van der Waals surface area contributed by atoms with Crippen molar-refractivity contribution in [3.8, 4) is 0 Å². The minimum atomic E-state index is 0.209. The number of hydrogen-bond acceptors (Lipinski definition) is 3. The van der Waals surface area contributed by atoms with Crippen molar-refractivity contribution < 1.29 is 0 Å². The highest BCUT2D eigenvalue weighted by molar-refractivity contribution is 9.10. The van der Waals surface area contributed by atoms with E-state index < -0.39 is 0 Å². The van der Waals surface area contributed by atoms with Gasteiger partial charge in [-0.25, -0.2) is 0 Å². The smallest absolute Gasteiger partial charge is 0.0466 e. The molecule has 0 saturated carbocycles. The molecule has 0 fully saturated rings. The molecule has 3 N–H and O–H groups in total. The third-order valence-electron chi connectivity index (χ3n) is 3.07. The summed E-state index contributed by atoms with van der Waals surface area (Å²) in [6, 6.07) is 10.8. The Morgan fingerprint density at radius 1 is 1.39 bits per heavy atom. The lowest BCUT2D eigenvalue weighted by atomic mass is 9.98. The van der Waals surface area contributed by atoms with Crippen molar-refractivity contribution in [2.75, 3.05) is 0 Å². The average molecular weight is 325 g/mol. The van der Waals surface area contributed by atoms with Crippen LogP contribution in [0.4, 0.5) is 0 Å². The number of benzene rings is 1. The first-order chi connectivity index (χ1) is 8.70. The molecule has 0 amide bonds. The van der Waals surface area contributed by atoms with Crippen molar-refractivity contribution in [3.05, 3.63) is 56.2 Å². The second-order valence-electron chi connectivity index (χ2n) is 4.34. The highest BCUT2D eigenvalue weighted by Gasteiger charge is 2.12. The van der Waals surface area contributed by atoms with Gasteiger partial charge in [0, 0.05) is 15.4 Å². The van der Waals surface area contributed by atoms with Crippen molar-refractivity contribution >= 4 is 27.3 Å². The van der Waals surface area contributed by atoms with E-state index in [2.05, 4.69) is 64.0 Å². The van der Waals surface area contributed by atoms with Crippen molar-refractivity contribution in [1.29, 1.82) is 0 Å². The highest BCUT2D eigenvalue weighted by Crippen LogP contribution is 2.25. The lowest BCUT2D eigenvalue weighted by molar-refractivity contribution is 0.516. The molecule has 96 valence electrons. The van der Waals surface area contributed by atoms with Crippen molar-refractivity contribution in [3.63, 3.8) is 0 Å². The molecule has 1 heterocycles. The summed E-state index contributed by atoms with van der Waals surface area (Å²) in [6.45, 7) is 2.12. The van der Waals surface area contributed by atoms with Gasteiger partial charge >= 0.3 is 0 Å². The second-order valence-corrected chi connectivity index (χ2v) is 6.29. The number of aryl methyl sites for hydroxylation is 2. The standard InChI is InChI=1S/C14H17BrN2S/c1-10-9-11(15)4-6-13(10)14(17-16)7-5-12-3-2-8-18-12/h2-4,6,8-9,14,17H,5,7,16H2,1H3. The number of rotatable bonds is 5. The molecule has 2 nitrogen and oxygen atoms in total. The molecule has 18 heavy (non-hydrogen) atoms. The predicted molar refractivity (Wildman–Crippen MR) is 81.6 cm³/mol. The van der Waals surface area contributed by atoms with Gasteiger partial charge in [0.2, 0.25) is 0 Å². The first-order valence-corrected chi connectivity index (χ1v) is 7.62. The molecule has 0 spiro atoms. The van der Waals surface area contributed by atoms with E-state index >= 15 is 0 Å². The van der Waals surface area contributed by atoms with E-state index in [0.29, 0.717) is 0 Å². The fourth-order valence-electron chi connectivity index (χ4n) is 2.10. The summed E-state index contributed by atoms with van der Waals surface area (Å²) < 4.78 is 1.11. The number of nitrogens with one attached hydrogen (secondary N) is 1. The van der Waals surface area contributed by atoms with Gasteiger partial charge in [0.15, 0.2) is 0 Å². The lowest BCUT2D eigenvalue weighted by Gasteiger charge is -2.18. The maximum Gasteiger partial charge on any atom is 0.0466 e. The fraction of sp³-hybridized carbons (Fsp3) is 0.286. The van der Waals surface area contributed by atoms with Crippen molar-refractivity contribution in [2.45, 2.75) is 25.8 Å². The van der Waals surface area contributed by atoms with Gasteiger partial charge in [-0.15, -0.1) is 11.3 Å². The van der Waals surface area contributed by atoms with Gasteiger partial charge < -0.3 is 0 Å². The maximum atomic E-state index is 5.69. The number of hydrazine groups is 1. The number of thiophene rings is 1. The third kappa shape index (κ3) is 3.42. The van der Waals surface area contributed by atoms with Crippen LogP contribution >= 0.6 is 27.3 Å². The van der Waals surface area contributed by atoms with Crippen LogP contribution in [0.15, 0.2) is 40.2 Å². The normalized spacial score (nSPS) is 12.6. The summed E-state index contributed by atoms with van der Waals surface area (Å²) >= 11 is 5.29. The predicted octanol–water partition coefficient (Wildman–Crippen LogP) is 3.96. The minimum absolute atomic E-state index is 0.209. The second kappa shape index (κ2) is 6.48. The fourth-order valence-corrected chi connectivity index (χ4v) is 3.30. The van der Waals surface area contributed by atoms with E-state index in [1.54, 1.807) is 11.3 Å². The van der Waals surface area contributed by atoms with Crippen molar-refractivity contribution in [2.24, 2.45) is 5.84 Å². The van der Waals surface area contributed by atoms with Crippen LogP contribution in [-0.4, -0.2) is 0 Å². The Morgan fingerprint density at radius 3 is 2.83 bits per heavy atom. The van der Waals surface area contributed by atoms with Crippen LogP contribution in [0.2, 0.25) is 0 Å². The van der Waals surface area contributed by atoms with Crippen LogP contribution in [0.5, 0.6) is 0 Å². The number of nitrogens with two attached hydrogens (primary N) is 1. The Labute approximate surface area is 120 Å². The van der Waals surface area contributed by atoms with Gasteiger partial charge in [0.05, 0.1) is 0 Å². The summed E-state index contributed by atoms with van der Waals surface area (Å²) in [7, 11) is 0. The molecule has 0 saturated heterocycles. The average Bonchev–Trinajstić information content (AvgIpc) is 2.85. The van der Waals surface area contributed by atoms with Gasteiger partial charge in [-0.05, 0) is 54.5 Å². The molecule has 1 aromatic carbocycles. The maximum absolute atomic E-state index is 5.69. The third-order valence-corrected chi connectivity index (χ3v) is 4.50. The van der Waals surface area contributed by atoms with Crippen LogP contribution in [0.3, 0.4) is 0 Å². The summed E-state index contributed by atoms with van der Waals surface area (Å²) in [4.78, 5) is 1.41. The molecule has 0 radical (unpaired) electrons. The molecule has 1 aromatic heterocycles. The van der Waals surface area contributed by atoms with Crippen LogP contribution < -0.4 is 11.3 Å². The van der Waals surface area contributed by atoms with Crippen LogP contribution in [0.1, 0.15) is 28.5 Å². The van der Waals surface area contributed by atoms with Crippen LogP contribution in [0.25, 0.3) is 0 Å². The van der Waals surface area contributed by atoms with E-state index in [4.69, 9.17) is 5.84 Å². The van der Waals surface area contributed by atoms with Crippen molar-refractivity contribution in [1.82, 2.24) is 5.43 Å². The Bertz CT molecular complexity index is 497. The van der Waals surface area contributed by atoms with Gasteiger partial charge in [-0.3, -0.25) is 11.3 Å². The van der Waals surface area contributed by atoms with Crippen LogP contribution in [-0.2, 0) is 6.42 Å². The SMILES string of the molecule is Cc1cc(Br)ccc1C(CCc1cccs1)NN. The van der Waals surface area contributed by atoms with E-state index in [-0.39, 0.29) is 6.04 Å². The molecule has 0 aliphatic rings. The highest BCUT2D eigenvalue weighted by atomic mass is 79.9. The molecular weight excluding hydrogens is 308 g/mol. The lowest BCUT2D eigenvalue weighted by Crippen LogP contribution is -2.28. The first kappa shape index (κ1) is 13.7. The monoisotopic (exact) mass is 324 g/mol. The van der Waals surface area contributed by atoms with E-state index in [1.807, 2.05) is 0 Å². The Hall–Kier alpha value is -0.680. The molecular formula is C14H17BrN2S. The van der Waals surface area contributed by atoms with Gasteiger partial charge in [-0.1, -0.05) is 28.1 Å². The molecule has 2 aromatic rings. The molecule has 0 bridgehead atoms. The summed E-state index contributed by atoms with van der Waals surface area (Å²) in [6.07, 6.45) is 2.07. The zero-order valence-corrected chi connectivity index (χ0v) is 12.7. The largest absolute Gasteiger partial charge is 0.271 e. The van der Waals surface area contributed by atoms with Gasteiger partial charge in [0.1, 0.15) is 0 Å². The molecule has 0 aliphatic heterocycles.